The monoisotopic (exact) mass is 192 g/mol. The maximum absolute atomic E-state index is 9.40. The molecule has 0 bridgehead atoms. The maximum atomic E-state index is 9.40. The minimum absolute atomic E-state index is 0.269. The van der Waals surface area contributed by atoms with E-state index in [9.17, 15) is 5.11 Å². The van der Waals surface area contributed by atoms with Gasteiger partial charge in [-0.3, -0.25) is 0 Å². The molecule has 1 aliphatic rings. The molecule has 0 aromatic heterocycles. The van der Waals surface area contributed by atoms with E-state index in [0.717, 1.165) is 0 Å². The van der Waals surface area contributed by atoms with Crippen molar-refractivity contribution >= 4 is 0 Å². The van der Waals surface area contributed by atoms with Gasteiger partial charge in [-0.15, -0.1) is 0 Å². The molecule has 5 heteroatoms. The fourth-order valence-electron chi connectivity index (χ4n) is 1.54. The second kappa shape index (κ2) is 4.88. The molecule has 0 aliphatic carbocycles. The van der Waals surface area contributed by atoms with Crippen LogP contribution >= 0.6 is 0 Å². The Morgan fingerprint density at radius 1 is 1.15 bits per heavy atom. The van der Waals surface area contributed by atoms with Crippen LogP contribution in [0.15, 0.2) is 0 Å². The Labute approximate surface area is 77.5 Å². The lowest BCUT2D eigenvalue weighted by atomic mass is 10.1. The molecule has 1 aliphatic heterocycles. The molecule has 1 fully saturated rings. The van der Waals surface area contributed by atoms with Crippen molar-refractivity contribution in [1.29, 1.82) is 0 Å². The van der Waals surface area contributed by atoms with Crippen LogP contribution < -0.4 is 0 Å². The van der Waals surface area contributed by atoms with Crippen molar-refractivity contribution in [3.05, 3.63) is 0 Å². The van der Waals surface area contributed by atoms with Gasteiger partial charge in [0.25, 0.3) is 0 Å². The molecule has 0 saturated carbocycles. The van der Waals surface area contributed by atoms with Crippen LogP contribution in [0.5, 0.6) is 0 Å². The molecule has 13 heavy (non-hydrogen) atoms. The third-order valence-electron chi connectivity index (χ3n) is 2.16. The van der Waals surface area contributed by atoms with Gasteiger partial charge < -0.3 is 24.1 Å². The Kier molecular flexibility index (Phi) is 4.08. The molecule has 0 spiro atoms. The first kappa shape index (κ1) is 10.9. The number of rotatable bonds is 4. The van der Waals surface area contributed by atoms with E-state index in [1.54, 1.807) is 14.2 Å². The summed E-state index contributed by atoms with van der Waals surface area (Å²) in [6, 6.07) is 0. The number of aliphatic hydroxyl groups is 1. The van der Waals surface area contributed by atoms with Crippen LogP contribution in [-0.4, -0.2) is 57.6 Å². The first-order valence-electron chi connectivity index (χ1n) is 4.12. The third-order valence-corrected chi connectivity index (χ3v) is 2.16. The molecule has 5 nitrogen and oxygen atoms in total. The Hall–Kier alpha value is -0.200. The lowest BCUT2D eigenvalue weighted by Crippen LogP contribution is -2.37. The van der Waals surface area contributed by atoms with Crippen molar-refractivity contribution in [2.75, 3.05) is 27.9 Å². The second-order valence-corrected chi connectivity index (χ2v) is 2.92. The number of ether oxygens (including phenoxy) is 4. The number of aliphatic hydroxyl groups excluding tert-OH is 1. The van der Waals surface area contributed by atoms with E-state index >= 15 is 0 Å². The number of hydrogen-bond donors (Lipinski definition) is 1. The lowest BCUT2D eigenvalue weighted by Gasteiger charge is -2.19. The Morgan fingerprint density at radius 2 is 1.77 bits per heavy atom. The molecule has 78 valence electrons. The molecule has 0 unspecified atom stereocenters. The molecule has 1 N–H and O–H groups in total. The molecule has 1 heterocycles. The number of hydrogen-bond acceptors (Lipinski definition) is 5. The predicted octanol–water partition coefficient (Wildman–Crippen LogP) is -0.620. The van der Waals surface area contributed by atoms with Crippen LogP contribution in [0, 0.1) is 0 Å². The summed E-state index contributed by atoms with van der Waals surface area (Å²) in [7, 11) is 4.64. The quantitative estimate of drug-likeness (QED) is 0.643. The summed E-state index contributed by atoms with van der Waals surface area (Å²) in [5, 5.41) is 9.40. The summed E-state index contributed by atoms with van der Waals surface area (Å²) >= 11 is 0. The van der Waals surface area contributed by atoms with Crippen molar-refractivity contribution in [2.24, 2.45) is 0 Å². The predicted molar refractivity (Wildman–Crippen MR) is 44.3 cm³/mol. The van der Waals surface area contributed by atoms with E-state index in [1.807, 2.05) is 0 Å². The molecular formula is C8H16O5. The summed E-state index contributed by atoms with van der Waals surface area (Å²) in [5.74, 6) is 0. The Bertz CT molecular complexity index is 151. The van der Waals surface area contributed by atoms with Crippen molar-refractivity contribution in [3.63, 3.8) is 0 Å². The van der Waals surface area contributed by atoms with E-state index in [2.05, 4.69) is 0 Å². The molecule has 4 atom stereocenters. The van der Waals surface area contributed by atoms with Gasteiger partial charge in [0, 0.05) is 21.3 Å². The molecular weight excluding hydrogens is 176 g/mol. The van der Waals surface area contributed by atoms with Gasteiger partial charge in [0.15, 0.2) is 6.29 Å². The van der Waals surface area contributed by atoms with E-state index < -0.39 is 12.4 Å². The van der Waals surface area contributed by atoms with Crippen molar-refractivity contribution in [3.8, 4) is 0 Å². The highest BCUT2D eigenvalue weighted by Gasteiger charge is 2.44. The van der Waals surface area contributed by atoms with E-state index in [-0.39, 0.29) is 12.2 Å². The average molecular weight is 192 g/mol. The van der Waals surface area contributed by atoms with E-state index in [0.29, 0.717) is 6.61 Å². The summed E-state index contributed by atoms with van der Waals surface area (Å²) < 4.78 is 20.3. The summed E-state index contributed by atoms with van der Waals surface area (Å²) in [5.41, 5.74) is 0. The van der Waals surface area contributed by atoms with E-state index in [1.165, 1.54) is 7.11 Å². The van der Waals surface area contributed by atoms with Crippen LogP contribution in [0.2, 0.25) is 0 Å². The van der Waals surface area contributed by atoms with Gasteiger partial charge >= 0.3 is 0 Å². The standard InChI is InChI=1S/C8H16O5/c1-10-4-5-6(11-2)7(12-3)8(9)13-5/h5-9H,4H2,1-3H3/t5-,6-,7-,8-/m1/s1. The highest BCUT2D eigenvalue weighted by Crippen LogP contribution is 2.24. The van der Waals surface area contributed by atoms with Crippen LogP contribution in [0.4, 0.5) is 0 Å². The SMILES string of the molecule is COC[C@H]1O[C@@H](O)[C@H](OC)[C@@H]1OC. The summed E-state index contributed by atoms with van der Waals surface area (Å²) in [6.45, 7) is 0.384. The second-order valence-electron chi connectivity index (χ2n) is 2.92. The third kappa shape index (κ3) is 2.18. The van der Waals surface area contributed by atoms with Crippen LogP contribution in [0.1, 0.15) is 0 Å². The first-order valence-corrected chi connectivity index (χ1v) is 4.12. The van der Waals surface area contributed by atoms with Gasteiger partial charge in [0.2, 0.25) is 0 Å². The summed E-state index contributed by atoms with van der Waals surface area (Å²) in [4.78, 5) is 0. The minimum atomic E-state index is -0.935. The molecule has 0 amide bonds. The average Bonchev–Trinajstić information content (AvgIpc) is 2.41. The van der Waals surface area contributed by atoms with Gasteiger partial charge in [-0.25, -0.2) is 0 Å². The van der Waals surface area contributed by atoms with Crippen LogP contribution in [-0.2, 0) is 18.9 Å². The zero-order valence-electron chi connectivity index (χ0n) is 8.10. The van der Waals surface area contributed by atoms with Crippen molar-refractivity contribution in [2.45, 2.75) is 24.6 Å². The fourth-order valence-corrected chi connectivity index (χ4v) is 1.54. The highest BCUT2D eigenvalue weighted by atomic mass is 16.7. The first-order chi connectivity index (χ1) is 6.24. The zero-order valence-corrected chi connectivity index (χ0v) is 8.10. The Balaban J connectivity index is 2.57. The molecule has 0 radical (unpaired) electrons. The van der Waals surface area contributed by atoms with E-state index in [4.69, 9.17) is 18.9 Å². The van der Waals surface area contributed by atoms with Gasteiger partial charge in [0.05, 0.1) is 6.61 Å². The van der Waals surface area contributed by atoms with Gasteiger partial charge in [-0.1, -0.05) is 0 Å². The van der Waals surface area contributed by atoms with Crippen molar-refractivity contribution < 1.29 is 24.1 Å². The lowest BCUT2D eigenvalue weighted by molar-refractivity contribution is -0.141. The zero-order chi connectivity index (χ0) is 9.84. The molecule has 1 saturated heterocycles. The van der Waals surface area contributed by atoms with Crippen molar-refractivity contribution in [1.82, 2.24) is 0 Å². The maximum Gasteiger partial charge on any atom is 0.184 e. The fraction of sp³-hybridized carbons (Fsp3) is 1.00. The largest absolute Gasteiger partial charge is 0.382 e. The molecule has 0 aromatic carbocycles. The minimum Gasteiger partial charge on any atom is -0.382 e. The number of methoxy groups -OCH3 is 3. The molecule has 1 rings (SSSR count). The summed E-state index contributed by atoms with van der Waals surface area (Å²) in [6.07, 6.45) is -1.92. The van der Waals surface area contributed by atoms with Crippen LogP contribution in [0.25, 0.3) is 0 Å². The van der Waals surface area contributed by atoms with Gasteiger partial charge in [-0.2, -0.15) is 0 Å². The van der Waals surface area contributed by atoms with Crippen LogP contribution in [0.3, 0.4) is 0 Å². The van der Waals surface area contributed by atoms with Gasteiger partial charge in [0.1, 0.15) is 18.3 Å². The topological polar surface area (TPSA) is 57.2 Å². The normalized spacial score (nSPS) is 39.7. The van der Waals surface area contributed by atoms with Gasteiger partial charge in [-0.05, 0) is 0 Å². The Morgan fingerprint density at radius 3 is 2.23 bits per heavy atom. The smallest absolute Gasteiger partial charge is 0.184 e. The molecule has 0 aromatic rings. The highest BCUT2D eigenvalue weighted by molar-refractivity contribution is 4.88.